The van der Waals surface area contributed by atoms with Crippen LogP contribution in [0.25, 0.3) is 0 Å². The predicted molar refractivity (Wildman–Crippen MR) is 60.9 cm³/mol. The molecule has 0 spiro atoms. The topological polar surface area (TPSA) is 97.2 Å². The highest BCUT2D eigenvalue weighted by Crippen LogP contribution is 2.31. The van der Waals surface area contributed by atoms with Crippen LogP contribution >= 0.6 is 11.6 Å². The summed E-state index contributed by atoms with van der Waals surface area (Å²) >= 11 is 5.85. The zero-order valence-electron chi connectivity index (χ0n) is 8.64. The van der Waals surface area contributed by atoms with Crippen LogP contribution in [0.1, 0.15) is 6.42 Å². The quantitative estimate of drug-likeness (QED) is 0.620. The van der Waals surface area contributed by atoms with Crippen molar-refractivity contribution in [1.29, 1.82) is 0 Å². The van der Waals surface area contributed by atoms with Gasteiger partial charge in [0.2, 0.25) is 5.91 Å². The largest absolute Gasteiger partial charge is 0.373 e. The van der Waals surface area contributed by atoms with Gasteiger partial charge in [-0.1, -0.05) is 11.6 Å². The molecule has 0 aliphatic carbocycles. The molecule has 1 aliphatic heterocycles. The fourth-order valence-corrected chi connectivity index (χ4v) is 1.83. The number of hydrogen-bond acceptors (Lipinski definition) is 5. The van der Waals surface area contributed by atoms with Crippen LogP contribution in [0.4, 0.5) is 11.4 Å². The van der Waals surface area contributed by atoms with E-state index in [0.29, 0.717) is 6.54 Å². The monoisotopic (exact) mass is 256 g/mol. The molecule has 0 radical (unpaired) electrons. The minimum Gasteiger partial charge on any atom is -0.373 e. The van der Waals surface area contributed by atoms with E-state index >= 15 is 0 Å². The lowest BCUT2D eigenvalue weighted by Crippen LogP contribution is -2.23. The van der Waals surface area contributed by atoms with E-state index in [2.05, 4.69) is 15.6 Å². The van der Waals surface area contributed by atoms with E-state index < -0.39 is 4.92 Å². The molecule has 2 rings (SSSR count). The van der Waals surface area contributed by atoms with Gasteiger partial charge in [0.25, 0.3) is 0 Å². The molecule has 1 saturated heterocycles. The molecule has 7 nitrogen and oxygen atoms in total. The van der Waals surface area contributed by atoms with Crippen LogP contribution in [-0.4, -0.2) is 28.4 Å². The first kappa shape index (κ1) is 11.6. The molecule has 1 unspecified atom stereocenters. The second kappa shape index (κ2) is 4.54. The number of nitrogens with one attached hydrogen (secondary N) is 2. The molecule has 1 aromatic rings. The number of pyridine rings is 1. The highest BCUT2D eigenvalue weighted by atomic mass is 35.5. The Morgan fingerprint density at radius 3 is 2.94 bits per heavy atom. The average Bonchev–Trinajstić information content (AvgIpc) is 2.67. The van der Waals surface area contributed by atoms with Crippen molar-refractivity contribution in [3.63, 3.8) is 0 Å². The van der Waals surface area contributed by atoms with Gasteiger partial charge >= 0.3 is 5.69 Å². The van der Waals surface area contributed by atoms with E-state index in [4.69, 9.17) is 11.6 Å². The number of carbonyl (C=O) groups is 1. The Morgan fingerprint density at radius 1 is 1.59 bits per heavy atom. The summed E-state index contributed by atoms with van der Waals surface area (Å²) in [6.07, 6.45) is 2.72. The molecule has 90 valence electrons. The first-order chi connectivity index (χ1) is 8.08. The van der Waals surface area contributed by atoms with E-state index in [1.54, 1.807) is 0 Å². The van der Waals surface area contributed by atoms with Crippen molar-refractivity contribution < 1.29 is 9.72 Å². The number of nitrogens with zero attached hydrogens (tertiary/aromatic N) is 2. The van der Waals surface area contributed by atoms with Gasteiger partial charge in [-0.05, 0) is 0 Å². The second-order valence-electron chi connectivity index (χ2n) is 3.62. The van der Waals surface area contributed by atoms with E-state index in [0.717, 1.165) is 6.20 Å². The third-order valence-corrected chi connectivity index (χ3v) is 2.69. The summed E-state index contributed by atoms with van der Waals surface area (Å²) < 4.78 is 0. The molecule has 0 aromatic carbocycles. The third-order valence-electron chi connectivity index (χ3n) is 2.40. The van der Waals surface area contributed by atoms with Crippen molar-refractivity contribution in [3.05, 3.63) is 27.5 Å². The van der Waals surface area contributed by atoms with E-state index in [1.165, 1.54) is 6.20 Å². The van der Waals surface area contributed by atoms with Crippen LogP contribution < -0.4 is 10.6 Å². The van der Waals surface area contributed by atoms with Crippen LogP contribution in [0.5, 0.6) is 0 Å². The zero-order valence-corrected chi connectivity index (χ0v) is 9.40. The zero-order chi connectivity index (χ0) is 12.4. The summed E-state index contributed by atoms with van der Waals surface area (Å²) in [5.41, 5.74) is 0.00464. The fourth-order valence-electron chi connectivity index (χ4n) is 1.62. The van der Waals surface area contributed by atoms with Crippen molar-refractivity contribution in [3.8, 4) is 0 Å². The minimum atomic E-state index is -0.564. The highest BCUT2D eigenvalue weighted by molar-refractivity contribution is 6.33. The van der Waals surface area contributed by atoms with Crippen LogP contribution in [0, 0.1) is 10.1 Å². The number of hydrogen-bond donors (Lipinski definition) is 2. The van der Waals surface area contributed by atoms with Gasteiger partial charge in [0.15, 0.2) is 0 Å². The maximum atomic E-state index is 11.0. The fraction of sp³-hybridized carbons (Fsp3) is 0.333. The van der Waals surface area contributed by atoms with Crippen molar-refractivity contribution in [2.45, 2.75) is 12.5 Å². The van der Waals surface area contributed by atoms with Crippen LogP contribution in [0.15, 0.2) is 12.4 Å². The van der Waals surface area contributed by atoms with Gasteiger partial charge in [-0.2, -0.15) is 0 Å². The SMILES string of the molecule is O=C1CC(Nc2c(Cl)cncc2[N+](=O)[O-])CN1. The lowest BCUT2D eigenvalue weighted by molar-refractivity contribution is -0.384. The van der Waals surface area contributed by atoms with Crippen LogP contribution in [0.2, 0.25) is 5.02 Å². The van der Waals surface area contributed by atoms with Crippen molar-refractivity contribution in [2.24, 2.45) is 0 Å². The average molecular weight is 257 g/mol. The van der Waals surface area contributed by atoms with Gasteiger partial charge in [-0.25, -0.2) is 0 Å². The first-order valence-electron chi connectivity index (χ1n) is 4.89. The molecule has 0 bridgehead atoms. The van der Waals surface area contributed by atoms with Gasteiger partial charge in [0, 0.05) is 19.2 Å². The summed E-state index contributed by atoms with van der Waals surface area (Å²) in [4.78, 5) is 24.9. The van der Waals surface area contributed by atoms with Crippen molar-refractivity contribution in [2.75, 3.05) is 11.9 Å². The first-order valence-corrected chi connectivity index (χ1v) is 5.27. The molecule has 1 amide bonds. The molecular formula is C9H9ClN4O3. The maximum absolute atomic E-state index is 11.0. The number of halogens is 1. The smallest absolute Gasteiger partial charge is 0.311 e. The number of carbonyl (C=O) groups excluding carboxylic acids is 1. The van der Waals surface area contributed by atoms with Gasteiger partial charge < -0.3 is 10.6 Å². The Kier molecular flexibility index (Phi) is 3.10. The molecule has 1 atom stereocenters. The van der Waals surface area contributed by atoms with Gasteiger partial charge in [-0.3, -0.25) is 19.9 Å². The summed E-state index contributed by atoms with van der Waals surface area (Å²) in [5.74, 6) is -0.0877. The van der Waals surface area contributed by atoms with Crippen molar-refractivity contribution >= 4 is 28.9 Å². The molecular weight excluding hydrogens is 248 g/mol. The summed E-state index contributed by atoms with van der Waals surface area (Å²) in [5, 5.41) is 16.5. The molecule has 0 saturated carbocycles. The number of aromatic nitrogens is 1. The normalized spacial score (nSPS) is 18.9. The number of rotatable bonds is 3. The maximum Gasteiger partial charge on any atom is 0.311 e. The van der Waals surface area contributed by atoms with Crippen LogP contribution in [-0.2, 0) is 4.79 Å². The Hall–Kier alpha value is -1.89. The Morgan fingerprint density at radius 2 is 2.35 bits per heavy atom. The van der Waals surface area contributed by atoms with E-state index in [9.17, 15) is 14.9 Å². The second-order valence-corrected chi connectivity index (χ2v) is 4.03. The summed E-state index contributed by atoms with van der Waals surface area (Å²) in [6, 6.07) is -0.193. The molecule has 8 heteroatoms. The predicted octanol–water partition coefficient (Wildman–Crippen LogP) is 0.944. The molecule has 1 aromatic heterocycles. The standard InChI is InChI=1S/C9H9ClN4O3/c10-6-3-11-4-7(14(16)17)9(6)13-5-1-8(15)12-2-5/h3-5H,1-2H2,(H,11,13)(H,12,15). The van der Waals surface area contributed by atoms with Gasteiger partial charge in [-0.15, -0.1) is 0 Å². The summed E-state index contributed by atoms with van der Waals surface area (Å²) in [6.45, 7) is 0.425. The highest BCUT2D eigenvalue weighted by Gasteiger charge is 2.25. The molecule has 17 heavy (non-hydrogen) atoms. The Balaban J connectivity index is 2.25. The minimum absolute atomic E-state index is 0.0877. The Labute approximate surface area is 101 Å². The molecule has 1 fully saturated rings. The van der Waals surface area contributed by atoms with Crippen LogP contribution in [0.3, 0.4) is 0 Å². The lowest BCUT2D eigenvalue weighted by Gasteiger charge is -2.12. The van der Waals surface area contributed by atoms with Gasteiger partial charge in [0.1, 0.15) is 11.9 Å². The number of amides is 1. The molecule has 2 heterocycles. The van der Waals surface area contributed by atoms with E-state index in [-0.39, 0.29) is 34.8 Å². The summed E-state index contributed by atoms with van der Waals surface area (Å²) in [7, 11) is 0. The van der Waals surface area contributed by atoms with Crippen molar-refractivity contribution in [1.82, 2.24) is 10.3 Å². The number of nitro groups is 1. The lowest BCUT2D eigenvalue weighted by atomic mass is 10.2. The molecule has 2 N–H and O–H groups in total. The Bertz CT molecular complexity index is 479. The molecule has 1 aliphatic rings. The van der Waals surface area contributed by atoms with E-state index in [1.807, 2.05) is 0 Å². The number of anilines is 1. The van der Waals surface area contributed by atoms with Gasteiger partial charge in [0.05, 0.1) is 16.0 Å². The third kappa shape index (κ3) is 2.44.